The van der Waals surface area contributed by atoms with Crippen LogP contribution in [0.3, 0.4) is 0 Å². The maximum atomic E-state index is 13.0. The molecule has 1 saturated heterocycles. The van der Waals surface area contributed by atoms with E-state index >= 15 is 0 Å². The Balaban J connectivity index is 1.40. The van der Waals surface area contributed by atoms with E-state index in [0.717, 1.165) is 21.7 Å². The summed E-state index contributed by atoms with van der Waals surface area (Å²) in [6, 6.07) is 14.0. The number of rotatable bonds is 6. The van der Waals surface area contributed by atoms with Gasteiger partial charge in [-0.1, -0.05) is 42.0 Å². The Hall–Kier alpha value is -4.01. The fraction of sp³-hybridized carbons (Fsp3) is 0.261. The Morgan fingerprint density at radius 2 is 1.81 bits per heavy atom. The third kappa shape index (κ3) is 3.96. The molecule has 2 aromatic carbocycles. The lowest BCUT2D eigenvalue weighted by Crippen LogP contribution is -2.43. The molecule has 0 unspecified atom stereocenters. The smallest absolute Gasteiger partial charge is 0.325 e. The first-order chi connectivity index (χ1) is 15.3. The third-order valence-electron chi connectivity index (χ3n) is 5.66. The van der Waals surface area contributed by atoms with Crippen molar-refractivity contribution in [2.45, 2.75) is 32.4 Å². The van der Waals surface area contributed by atoms with E-state index < -0.39 is 23.4 Å². The summed E-state index contributed by atoms with van der Waals surface area (Å²) >= 11 is 0. The van der Waals surface area contributed by atoms with Crippen LogP contribution in [-0.4, -0.2) is 44.1 Å². The number of hydrogen-bond acceptors (Lipinski definition) is 5. The van der Waals surface area contributed by atoms with Crippen molar-refractivity contribution in [3.05, 3.63) is 77.9 Å². The van der Waals surface area contributed by atoms with Gasteiger partial charge in [-0.2, -0.15) is 5.10 Å². The van der Waals surface area contributed by atoms with Crippen LogP contribution in [0, 0.1) is 6.92 Å². The predicted molar refractivity (Wildman–Crippen MR) is 117 cm³/mol. The molecule has 9 nitrogen and oxygen atoms in total. The Bertz CT molecular complexity index is 1140. The van der Waals surface area contributed by atoms with Crippen molar-refractivity contribution in [3.8, 4) is 5.69 Å². The van der Waals surface area contributed by atoms with E-state index in [0.29, 0.717) is 5.56 Å². The van der Waals surface area contributed by atoms with E-state index in [2.05, 4.69) is 20.7 Å². The quantitative estimate of drug-likeness (QED) is 0.581. The van der Waals surface area contributed by atoms with Gasteiger partial charge in [0.2, 0.25) is 5.91 Å². The fourth-order valence-electron chi connectivity index (χ4n) is 3.69. The molecule has 0 aliphatic carbocycles. The lowest BCUT2D eigenvalue weighted by atomic mass is 9.91. The highest BCUT2D eigenvalue weighted by molar-refractivity contribution is 6.09. The van der Waals surface area contributed by atoms with Gasteiger partial charge in [-0.15, -0.1) is 0 Å². The molecule has 0 spiro atoms. The van der Waals surface area contributed by atoms with Gasteiger partial charge in [-0.25, -0.2) is 14.5 Å². The highest BCUT2D eigenvalue weighted by atomic mass is 16.2. The molecule has 0 bridgehead atoms. The number of urea groups is 1. The summed E-state index contributed by atoms with van der Waals surface area (Å²) in [7, 11) is 0. The normalized spacial score (nSPS) is 19.0. The summed E-state index contributed by atoms with van der Waals surface area (Å²) in [5.41, 5.74) is 2.25. The standard InChI is InChI=1S/C23H24N6O3/c1-15-4-8-18(9-5-15)23(3)21(31)28(22(32)27-23)12-20(30)26-16(2)17-6-10-19(11-7-17)29-14-24-13-25-29/h4-11,13-14,16H,12H2,1-3H3,(H,26,30)(H,27,32)/t16-,23-/m1/s1. The Labute approximate surface area is 185 Å². The molecule has 2 atom stereocenters. The Morgan fingerprint density at radius 1 is 1.12 bits per heavy atom. The third-order valence-corrected chi connectivity index (χ3v) is 5.66. The van der Waals surface area contributed by atoms with Crippen LogP contribution in [-0.2, 0) is 15.1 Å². The molecule has 32 heavy (non-hydrogen) atoms. The number of aryl methyl sites for hydroxylation is 1. The number of hydrogen-bond donors (Lipinski definition) is 2. The molecule has 1 fully saturated rings. The lowest BCUT2D eigenvalue weighted by Gasteiger charge is -2.22. The predicted octanol–water partition coefficient (Wildman–Crippen LogP) is 2.22. The number of aromatic nitrogens is 3. The minimum atomic E-state index is -1.20. The largest absolute Gasteiger partial charge is 0.348 e. The zero-order chi connectivity index (χ0) is 22.9. The molecule has 4 rings (SSSR count). The van der Waals surface area contributed by atoms with Crippen LogP contribution in [0.25, 0.3) is 5.69 Å². The molecule has 2 heterocycles. The van der Waals surface area contributed by atoms with Crippen LogP contribution in [0.5, 0.6) is 0 Å². The van der Waals surface area contributed by atoms with Gasteiger partial charge in [0, 0.05) is 0 Å². The van der Waals surface area contributed by atoms with E-state index in [1.54, 1.807) is 17.9 Å². The van der Waals surface area contributed by atoms with Crippen molar-refractivity contribution in [1.82, 2.24) is 30.3 Å². The minimum absolute atomic E-state index is 0.309. The maximum absolute atomic E-state index is 13.0. The van der Waals surface area contributed by atoms with Crippen molar-refractivity contribution >= 4 is 17.8 Å². The van der Waals surface area contributed by atoms with Gasteiger partial charge in [0.1, 0.15) is 24.7 Å². The van der Waals surface area contributed by atoms with Crippen molar-refractivity contribution in [3.63, 3.8) is 0 Å². The number of carbonyl (C=O) groups is 3. The van der Waals surface area contributed by atoms with Crippen molar-refractivity contribution in [2.24, 2.45) is 0 Å². The first-order valence-electron chi connectivity index (χ1n) is 10.2. The summed E-state index contributed by atoms with van der Waals surface area (Å²) in [5, 5.41) is 9.64. The summed E-state index contributed by atoms with van der Waals surface area (Å²) < 4.78 is 1.63. The van der Waals surface area contributed by atoms with Crippen LogP contribution in [0.1, 0.15) is 36.6 Å². The Morgan fingerprint density at radius 3 is 2.44 bits per heavy atom. The summed E-state index contributed by atoms with van der Waals surface area (Å²) in [6.45, 7) is 5.08. The SMILES string of the molecule is Cc1ccc([C@@]2(C)NC(=O)N(CC(=O)N[C@H](C)c3ccc(-n4cncn4)cc3)C2=O)cc1. The monoisotopic (exact) mass is 432 g/mol. The minimum Gasteiger partial charge on any atom is -0.348 e. The molecule has 164 valence electrons. The Kier molecular flexibility index (Phi) is 5.48. The van der Waals surface area contributed by atoms with Crippen molar-refractivity contribution in [1.29, 1.82) is 0 Å². The van der Waals surface area contributed by atoms with Gasteiger partial charge in [-0.05, 0) is 44.0 Å². The molecular weight excluding hydrogens is 408 g/mol. The van der Waals surface area contributed by atoms with Gasteiger partial charge in [0.05, 0.1) is 11.7 Å². The van der Waals surface area contributed by atoms with E-state index in [9.17, 15) is 14.4 Å². The van der Waals surface area contributed by atoms with Crippen LogP contribution >= 0.6 is 0 Å². The number of amides is 4. The molecule has 2 N–H and O–H groups in total. The first-order valence-corrected chi connectivity index (χ1v) is 10.2. The molecule has 3 aromatic rings. The van der Waals surface area contributed by atoms with E-state index in [1.165, 1.54) is 6.33 Å². The zero-order valence-electron chi connectivity index (χ0n) is 18.1. The molecule has 1 aliphatic rings. The maximum Gasteiger partial charge on any atom is 0.325 e. The van der Waals surface area contributed by atoms with E-state index in [-0.39, 0.29) is 12.6 Å². The summed E-state index contributed by atoms with van der Waals surface area (Å²) in [5.74, 6) is -0.874. The van der Waals surface area contributed by atoms with Gasteiger partial charge in [0.25, 0.3) is 5.91 Å². The molecule has 0 radical (unpaired) electrons. The summed E-state index contributed by atoms with van der Waals surface area (Å²) in [4.78, 5) is 43.0. The van der Waals surface area contributed by atoms with Crippen LogP contribution in [0.15, 0.2) is 61.2 Å². The highest BCUT2D eigenvalue weighted by Gasteiger charge is 2.49. The topological polar surface area (TPSA) is 109 Å². The summed E-state index contributed by atoms with van der Waals surface area (Å²) in [6.07, 6.45) is 3.05. The number of carbonyl (C=O) groups excluding carboxylic acids is 3. The number of nitrogens with zero attached hydrogens (tertiary/aromatic N) is 4. The van der Waals surface area contributed by atoms with E-state index in [1.807, 2.05) is 62.4 Å². The van der Waals surface area contributed by atoms with Gasteiger partial charge in [-0.3, -0.25) is 14.5 Å². The van der Waals surface area contributed by atoms with Gasteiger partial charge in [0.15, 0.2) is 0 Å². The zero-order valence-corrected chi connectivity index (χ0v) is 18.1. The number of benzene rings is 2. The average molecular weight is 432 g/mol. The van der Waals surface area contributed by atoms with Gasteiger partial charge < -0.3 is 10.6 Å². The first kappa shape index (κ1) is 21.2. The van der Waals surface area contributed by atoms with Crippen LogP contribution in [0.2, 0.25) is 0 Å². The van der Waals surface area contributed by atoms with Crippen molar-refractivity contribution in [2.75, 3.05) is 6.54 Å². The fourth-order valence-corrected chi connectivity index (χ4v) is 3.69. The lowest BCUT2D eigenvalue weighted by molar-refractivity contribution is -0.135. The van der Waals surface area contributed by atoms with Crippen molar-refractivity contribution < 1.29 is 14.4 Å². The molecule has 1 aliphatic heterocycles. The average Bonchev–Trinajstić information content (AvgIpc) is 3.38. The second-order valence-electron chi connectivity index (χ2n) is 8.03. The van der Waals surface area contributed by atoms with Gasteiger partial charge >= 0.3 is 6.03 Å². The van der Waals surface area contributed by atoms with E-state index in [4.69, 9.17) is 0 Å². The van der Waals surface area contributed by atoms with Crippen LogP contribution < -0.4 is 10.6 Å². The number of nitrogens with one attached hydrogen (secondary N) is 2. The second-order valence-corrected chi connectivity index (χ2v) is 8.03. The molecule has 9 heteroatoms. The molecule has 4 amide bonds. The molecule has 0 saturated carbocycles. The number of imide groups is 1. The highest BCUT2D eigenvalue weighted by Crippen LogP contribution is 2.29. The van der Waals surface area contributed by atoms with Crippen LogP contribution in [0.4, 0.5) is 4.79 Å². The molecule has 1 aromatic heterocycles. The second kappa shape index (κ2) is 8.26. The molecular formula is C23H24N6O3.